The van der Waals surface area contributed by atoms with Crippen molar-refractivity contribution in [3.8, 4) is 0 Å². The van der Waals surface area contributed by atoms with Gasteiger partial charge in [0.05, 0.1) is 12.1 Å². The number of aliphatic carboxylic acids is 1. The quantitative estimate of drug-likeness (QED) is 0.457. The van der Waals surface area contributed by atoms with Crippen LogP contribution in [0, 0.1) is 0 Å². The van der Waals surface area contributed by atoms with E-state index in [2.05, 4.69) is 23.8 Å². The Balaban J connectivity index is 2.34. The molecule has 0 aliphatic rings. The van der Waals surface area contributed by atoms with Gasteiger partial charge in [0.15, 0.2) is 0 Å². The molecule has 0 radical (unpaired) electrons. The molecule has 21 heavy (non-hydrogen) atoms. The van der Waals surface area contributed by atoms with Crippen LogP contribution in [0.5, 0.6) is 0 Å². The number of hydrazine groups is 1. The highest BCUT2D eigenvalue weighted by atomic mass is 16.4. The van der Waals surface area contributed by atoms with Crippen molar-refractivity contribution in [1.82, 2.24) is 5.43 Å². The predicted octanol–water partition coefficient (Wildman–Crippen LogP) is 3.12. The summed E-state index contributed by atoms with van der Waals surface area (Å²) in [5, 5.41) is 8.50. The van der Waals surface area contributed by atoms with Crippen molar-refractivity contribution in [3.63, 3.8) is 0 Å². The molecule has 0 unspecified atom stereocenters. The van der Waals surface area contributed by atoms with Crippen LogP contribution in [0.4, 0.5) is 5.69 Å². The lowest BCUT2D eigenvalue weighted by molar-refractivity contribution is -0.138. The van der Waals surface area contributed by atoms with Crippen molar-refractivity contribution in [2.75, 3.05) is 5.43 Å². The zero-order chi connectivity index (χ0) is 15.5. The van der Waals surface area contributed by atoms with Gasteiger partial charge >= 0.3 is 5.97 Å². The maximum atomic E-state index is 11.4. The summed E-state index contributed by atoms with van der Waals surface area (Å²) in [6.45, 7) is 2.19. The highest BCUT2D eigenvalue weighted by Crippen LogP contribution is 2.13. The molecule has 0 aliphatic heterocycles. The molecule has 0 atom stereocenters. The average molecular weight is 292 g/mol. The Bertz CT molecular complexity index is 461. The minimum Gasteiger partial charge on any atom is -0.481 e. The highest BCUT2D eigenvalue weighted by molar-refractivity contribution is 5.81. The van der Waals surface area contributed by atoms with E-state index < -0.39 is 5.97 Å². The predicted molar refractivity (Wildman–Crippen MR) is 82.9 cm³/mol. The van der Waals surface area contributed by atoms with E-state index in [-0.39, 0.29) is 18.7 Å². The Morgan fingerprint density at radius 2 is 1.95 bits per heavy atom. The van der Waals surface area contributed by atoms with Gasteiger partial charge in [-0.25, -0.2) is 0 Å². The molecule has 1 aromatic carbocycles. The third-order valence-electron chi connectivity index (χ3n) is 3.16. The van der Waals surface area contributed by atoms with Gasteiger partial charge in [-0.2, -0.15) is 0 Å². The smallest absolute Gasteiger partial charge is 0.303 e. The van der Waals surface area contributed by atoms with Crippen molar-refractivity contribution in [1.29, 1.82) is 0 Å². The zero-order valence-electron chi connectivity index (χ0n) is 12.5. The first-order chi connectivity index (χ1) is 10.1. The standard InChI is InChI=1S/C16H24N2O3/c1-2-3-4-5-7-13-8-6-9-14(12-13)17-18-15(19)10-11-16(20)21/h6,8-9,12,17H,2-5,7,10-11H2,1H3,(H,18,19)(H,20,21). The summed E-state index contributed by atoms with van der Waals surface area (Å²) < 4.78 is 0. The van der Waals surface area contributed by atoms with Crippen molar-refractivity contribution in [3.05, 3.63) is 29.8 Å². The van der Waals surface area contributed by atoms with Crippen LogP contribution >= 0.6 is 0 Å². The number of unbranched alkanes of at least 4 members (excludes halogenated alkanes) is 3. The van der Waals surface area contributed by atoms with Crippen molar-refractivity contribution >= 4 is 17.6 Å². The SMILES string of the molecule is CCCCCCc1cccc(NNC(=O)CCC(=O)O)c1. The number of carbonyl (C=O) groups excluding carboxylic acids is 1. The van der Waals surface area contributed by atoms with Gasteiger partial charge in [-0.3, -0.25) is 20.4 Å². The van der Waals surface area contributed by atoms with E-state index in [1.807, 2.05) is 18.2 Å². The first-order valence-corrected chi connectivity index (χ1v) is 7.47. The number of carboxylic acid groups (broad SMARTS) is 1. The van der Waals surface area contributed by atoms with Crippen LogP contribution in [0.15, 0.2) is 24.3 Å². The lowest BCUT2D eigenvalue weighted by Crippen LogP contribution is -2.29. The van der Waals surface area contributed by atoms with Gasteiger partial charge in [0.1, 0.15) is 0 Å². The van der Waals surface area contributed by atoms with E-state index in [0.29, 0.717) is 0 Å². The van der Waals surface area contributed by atoms with E-state index in [1.165, 1.54) is 31.2 Å². The van der Waals surface area contributed by atoms with Crippen LogP contribution in [0.1, 0.15) is 51.0 Å². The normalized spacial score (nSPS) is 10.1. The van der Waals surface area contributed by atoms with Crippen LogP contribution in [0.2, 0.25) is 0 Å². The zero-order valence-corrected chi connectivity index (χ0v) is 12.5. The van der Waals surface area contributed by atoms with Gasteiger partial charge in [0.2, 0.25) is 5.91 Å². The van der Waals surface area contributed by atoms with E-state index in [9.17, 15) is 9.59 Å². The van der Waals surface area contributed by atoms with Gasteiger partial charge in [-0.05, 0) is 30.5 Å². The molecule has 5 nitrogen and oxygen atoms in total. The van der Waals surface area contributed by atoms with Gasteiger partial charge < -0.3 is 5.11 Å². The topological polar surface area (TPSA) is 78.4 Å². The van der Waals surface area contributed by atoms with E-state index in [0.717, 1.165) is 12.1 Å². The number of hydrogen-bond donors (Lipinski definition) is 3. The number of hydrogen-bond acceptors (Lipinski definition) is 3. The fourth-order valence-electron chi connectivity index (χ4n) is 1.99. The summed E-state index contributed by atoms with van der Waals surface area (Å²) in [6, 6.07) is 7.89. The first kappa shape index (κ1) is 17.0. The third-order valence-corrected chi connectivity index (χ3v) is 3.16. The van der Waals surface area contributed by atoms with Crippen LogP contribution in [0.25, 0.3) is 0 Å². The van der Waals surface area contributed by atoms with E-state index in [1.54, 1.807) is 0 Å². The molecule has 116 valence electrons. The Hall–Kier alpha value is -2.04. The molecule has 5 heteroatoms. The second-order valence-corrected chi connectivity index (χ2v) is 5.08. The Labute approximate surface area is 125 Å². The molecule has 0 saturated heterocycles. The highest BCUT2D eigenvalue weighted by Gasteiger charge is 2.04. The summed E-state index contributed by atoms with van der Waals surface area (Å²) in [7, 11) is 0. The van der Waals surface area contributed by atoms with Crippen molar-refractivity contribution in [2.24, 2.45) is 0 Å². The number of aryl methyl sites for hydroxylation is 1. The molecule has 0 aromatic heterocycles. The molecule has 1 amide bonds. The maximum absolute atomic E-state index is 11.4. The number of carboxylic acids is 1. The summed E-state index contributed by atoms with van der Waals surface area (Å²) in [4.78, 5) is 21.8. The molecule has 0 bridgehead atoms. The molecule has 0 saturated carbocycles. The lowest BCUT2D eigenvalue weighted by Gasteiger charge is -2.09. The van der Waals surface area contributed by atoms with Gasteiger partial charge in [-0.1, -0.05) is 38.3 Å². The van der Waals surface area contributed by atoms with Crippen molar-refractivity contribution < 1.29 is 14.7 Å². The fraction of sp³-hybridized carbons (Fsp3) is 0.500. The fourth-order valence-corrected chi connectivity index (χ4v) is 1.99. The van der Waals surface area contributed by atoms with Crippen molar-refractivity contribution in [2.45, 2.75) is 51.9 Å². The van der Waals surface area contributed by atoms with Crippen LogP contribution in [0.3, 0.4) is 0 Å². The Morgan fingerprint density at radius 1 is 1.14 bits per heavy atom. The van der Waals surface area contributed by atoms with Gasteiger partial charge in [0.25, 0.3) is 0 Å². The van der Waals surface area contributed by atoms with Gasteiger partial charge in [0, 0.05) is 6.42 Å². The number of carbonyl (C=O) groups is 2. The molecule has 3 N–H and O–H groups in total. The number of rotatable bonds is 10. The summed E-state index contributed by atoms with van der Waals surface area (Å²) in [5.41, 5.74) is 7.37. The molecular weight excluding hydrogens is 268 g/mol. The Kier molecular flexibility index (Phi) is 7.94. The minimum atomic E-state index is -0.973. The number of benzene rings is 1. The molecule has 0 heterocycles. The lowest BCUT2D eigenvalue weighted by atomic mass is 10.1. The summed E-state index contributed by atoms with van der Waals surface area (Å²) in [5.74, 6) is -1.30. The number of nitrogens with one attached hydrogen (secondary N) is 2. The molecular formula is C16H24N2O3. The largest absolute Gasteiger partial charge is 0.481 e. The number of amides is 1. The average Bonchev–Trinajstić information content (AvgIpc) is 2.48. The van der Waals surface area contributed by atoms with E-state index in [4.69, 9.17) is 5.11 Å². The first-order valence-electron chi connectivity index (χ1n) is 7.47. The van der Waals surface area contributed by atoms with Gasteiger partial charge in [-0.15, -0.1) is 0 Å². The monoisotopic (exact) mass is 292 g/mol. The number of anilines is 1. The molecule has 1 rings (SSSR count). The van der Waals surface area contributed by atoms with E-state index >= 15 is 0 Å². The van der Waals surface area contributed by atoms with Crippen LogP contribution in [-0.2, 0) is 16.0 Å². The second-order valence-electron chi connectivity index (χ2n) is 5.08. The van der Waals surface area contributed by atoms with Crippen LogP contribution < -0.4 is 10.9 Å². The molecule has 0 fully saturated rings. The maximum Gasteiger partial charge on any atom is 0.303 e. The third kappa shape index (κ3) is 7.97. The molecule has 0 aliphatic carbocycles. The summed E-state index contributed by atoms with van der Waals surface area (Å²) >= 11 is 0. The molecule has 0 spiro atoms. The summed E-state index contributed by atoms with van der Waals surface area (Å²) in [6.07, 6.45) is 5.73. The minimum absolute atomic E-state index is 0.0287. The Morgan fingerprint density at radius 3 is 2.67 bits per heavy atom. The second kappa shape index (κ2) is 9.80. The molecule has 1 aromatic rings. The van der Waals surface area contributed by atoms with Crippen LogP contribution in [-0.4, -0.2) is 17.0 Å².